The summed E-state index contributed by atoms with van der Waals surface area (Å²) >= 11 is 0. The summed E-state index contributed by atoms with van der Waals surface area (Å²) in [5, 5.41) is 3.67. The van der Waals surface area contributed by atoms with E-state index in [0.29, 0.717) is 11.3 Å². The van der Waals surface area contributed by atoms with E-state index < -0.39 is 11.9 Å². The maximum absolute atomic E-state index is 13.2. The van der Waals surface area contributed by atoms with E-state index in [2.05, 4.69) is 10.1 Å². The van der Waals surface area contributed by atoms with Crippen LogP contribution < -0.4 is 4.74 Å². The summed E-state index contributed by atoms with van der Waals surface area (Å²) in [7, 11) is 1.46. The van der Waals surface area contributed by atoms with Gasteiger partial charge in [0.1, 0.15) is 5.75 Å². The monoisotopic (exact) mass is 293 g/mol. The molecule has 0 atom stereocenters. The zero-order chi connectivity index (χ0) is 15.0. The van der Waals surface area contributed by atoms with Gasteiger partial charge in [0.25, 0.3) is 0 Å². The zero-order valence-corrected chi connectivity index (χ0v) is 10.9. The molecular weight excluding hydrogens is 283 g/mol. The molecule has 0 N–H and O–H groups in total. The van der Waals surface area contributed by atoms with Gasteiger partial charge in [-0.25, -0.2) is 9.50 Å². The van der Waals surface area contributed by atoms with Crippen LogP contribution in [0.15, 0.2) is 42.6 Å². The van der Waals surface area contributed by atoms with Crippen molar-refractivity contribution in [1.29, 1.82) is 0 Å². The predicted molar refractivity (Wildman–Crippen MR) is 70.0 cm³/mol. The maximum atomic E-state index is 13.2. The van der Waals surface area contributed by atoms with Crippen molar-refractivity contribution in [1.82, 2.24) is 14.6 Å². The summed E-state index contributed by atoms with van der Waals surface area (Å²) in [4.78, 5) is 4.21. The molecule has 108 valence electrons. The summed E-state index contributed by atoms with van der Waals surface area (Å²) < 4.78 is 45.4. The third-order valence-corrected chi connectivity index (χ3v) is 3.03. The molecule has 0 radical (unpaired) electrons. The average molecular weight is 293 g/mol. The Morgan fingerprint density at radius 1 is 1.14 bits per heavy atom. The van der Waals surface area contributed by atoms with Gasteiger partial charge in [-0.15, -0.1) is 0 Å². The standard InChI is InChI=1S/C14H10F3N3O/c1-21-11-5-3-2-4-9(11)10-8-12(14(15,16)17)20-13(19-10)6-7-18-20/h2-8H,1H3. The summed E-state index contributed by atoms with van der Waals surface area (Å²) in [5.41, 5.74) is -0.0638. The fraction of sp³-hybridized carbons (Fsp3) is 0.143. The first-order valence-electron chi connectivity index (χ1n) is 6.06. The van der Waals surface area contributed by atoms with Crippen molar-refractivity contribution in [3.05, 3.63) is 48.3 Å². The smallest absolute Gasteiger partial charge is 0.433 e. The number of nitrogens with zero attached hydrogens (tertiary/aromatic N) is 3. The third kappa shape index (κ3) is 2.31. The number of rotatable bonds is 2. The van der Waals surface area contributed by atoms with E-state index in [1.807, 2.05) is 0 Å². The van der Waals surface area contributed by atoms with Crippen LogP contribution in [0.5, 0.6) is 5.75 Å². The molecule has 4 nitrogen and oxygen atoms in total. The number of para-hydroxylation sites is 1. The van der Waals surface area contributed by atoms with E-state index in [9.17, 15) is 13.2 Å². The molecule has 2 heterocycles. The highest BCUT2D eigenvalue weighted by Crippen LogP contribution is 2.34. The van der Waals surface area contributed by atoms with Crippen molar-refractivity contribution in [2.75, 3.05) is 7.11 Å². The SMILES string of the molecule is COc1ccccc1-c1cc(C(F)(F)F)n2nccc2n1. The third-order valence-electron chi connectivity index (χ3n) is 3.03. The highest BCUT2D eigenvalue weighted by molar-refractivity contribution is 5.69. The molecule has 21 heavy (non-hydrogen) atoms. The van der Waals surface area contributed by atoms with E-state index in [4.69, 9.17) is 4.74 Å². The number of ether oxygens (including phenoxy) is 1. The fourth-order valence-corrected chi connectivity index (χ4v) is 2.11. The van der Waals surface area contributed by atoms with Crippen molar-refractivity contribution in [3.63, 3.8) is 0 Å². The molecule has 0 amide bonds. The molecule has 1 aromatic carbocycles. The van der Waals surface area contributed by atoms with Gasteiger partial charge in [-0.3, -0.25) is 0 Å². The molecule has 0 fully saturated rings. The summed E-state index contributed by atoms with van der Waals surface area (Å²) in [6.07, 6.45) is -3.24. The van der Waals surface area contributed by atoms with Gasteiger partial charge in [-0.05, 0) is 18.2 Å². The lowest BCUT2D eigenvalue weighted by Gasteiger charge is -2.12. The molecule has 0 bridgehead atoms. The Labute approximate surface area is 117 Å². The van der Waals surface area contributed by atoms with Crippen molar-refractivity contribution in [3.8, 4) is 17.0 Å². The molecule has 0 unspecified atom stereocenters. The number of fused-ring (bicyclic) bond motifs is 1. The van der Waals surface area contributed by atoms with Crippen molar-refractivity contribution < 1.29 is 17.9 Å². The molecule has 0 spiro atoms. The van der Waals surface area contributed by atoms with Crippen LogP contribution in [0.3, 0.4) is 0 Å². The molecule has 0 saturated carbocycles. The summed E-state index contributed by atoms with van der Waals surface area (Å²) in [5.74, 6) is 0.460. The second kappa shape index (κ2) is 4.76. The van der Waals surface area contributed by atoms with Crippen LogP contribution in [0.25, 0.3) is 16.9 Å². The maximum Gasteiger partial charge on any atom is 0.433 e. The second-order valence-electron chi connectivity index (χ2n) is 4.33. The van der Waals surface area contributed by atoms with Gasteiger partial charge in [0, 0.05) is 11.6 Å². The molecule has 0 aliphatic heterocycles. The van der Waals surface area contributed by atoms with Crippen LogP contribution >= 0.6 is 0 Å². The second-order valence-corrected chi connectivity index (χ2v) is 4.33. The largest absolute Gasteiger partial charge is 0.496 e. The average Bonchev–Trinajstić information content (AvgIpc) is 2.93. The molecular formula is C14H10F3N3O. The van der Waals surface area contributed by atoms with Crippen molar-refractivity contribution in [2.45, 2.75) is 6.18 Å². The molecule has 7 heteroatoms. The van der Waals surface area contributed by atoms with Crippen LogP contribution in [-0.4, -0.2) is 21.7 Å². The predicted octanol–water partition coefficient (Wildman–Crippen LogP) is 3.42. The quantitative estimate of drug-likeness (QED) is 0.726. The number of benzene rings is 1. The highest BCUT2D eigenvalue weighted by Gasteiger charge is 2.35. The van der Waals surface area contributed by atoms with Crippen LogP contribution in [0, 0.1) is 0 Å². The molecule has 2 aromatic heterocycles. The van der Waals surface area contributed by atoms with Crippen molar-refractivity contribution >= 4 is 5.65 Å². The minimum Gasteiger partial charge on any atom is -0.496 e. The number of hydrogen-bond acceptors (Lipinski definition) is 3. The first-order valence-corrected chi connectivity index (χ1v) is 6.06. The minimum atomic E-state index is -4.52. The van der Waals surface area contributed by atoms with Crippen LogP contribution in [0.4, 0.5) is 13.2 Å². The first-order chi connectivity index (χ1) is 10.0. The lowest BCUT2D eigenvalue weighted by Crippen LogP contribution is -2.13. The Morgan fingerprint density at radius 3 is 2.62 bits per heavy atom. The fourth-order valence-electron chi connectivity index (χ4n) is 2.11. The Balaban J connectivity index is 2.29. The lowest BCUT2D eigenvalue weighted by molar-refractivity contribution is -0.142. The first kappa shape index (κ1) is 13.4. The van der Waals surface area contributed by atoms with Gasteiger partial charge in [0.2, 0.25) is 0 Å². The normalized spacial score (nSPS) is 11.8. The summed E-state index contributed by atoms with van der Waals surface area (Å²) in [6, 6.07) is 9.18. The van der Waals surface area contributed by atoms with Crippen LogP contribution in [0.1, 0.15) is 5.69 Å². The van der Waals surface area contributed by atoms with E-state index in [0.717, 1.165) is 10.6 Å². The molecule has 0 aliphatic carbocycles. The van der Waals surface area contributed by atoms with Crippen LogP contribution in [-0.2, 0) is 6.18 Å². The highest BCUT2D eigenvalue weighted by atomic mass is 19.4. The molecule has 0 saturated heterocycles. The van der Waals surface area contributed by atoms with E-state index in [1.54, 1.807) is 24.3 Å². The van der Waals surface area contributed by atoms with Gasteiger partial charge >= 0.3 is 6.18 Å². The Morgan fingerprint density at radius 2 is 1.90 bits per heavy atom. The Hall–Kier alpha value is -2.57. The topological polar surface area (TPSA) is 39.4 Å². The molecule has 3 rings (SSSR count). The van der Waals surface area contributed by atoms with Gasteiger partial charge in [0.15, 0.2) is 11.3 Å². The number of alkyl halides is 3. The lowest BCUT2D eigenvalue weighted by atomic mass is 10.1. The number of aromatic nitrogens is 3. The molecule has 3 aromatic rings. The Bertz CT molecular complexity index is 796. The van der Waals surface area contributed by atoms with E-state index in [1.165, 1.54) is 19.4 Å². The van der Waals surface area contributed by atoms with E-state index in [-0.39, 0.29) is 11.3 Å². The number of halogens is 3. The number of methoxy groups -OCH3 is 1. The van der Waals surface area contributed by atoms with Crippen LogP contribution in [0.2, 0.25) is 0 Å². The van der Waals surface area contributed by atoms with Crippen molar-refractivity contribution in [2.24, 2.45) is 0 Å². The Kier molecular flexibility index (Phi) is 3.04. The minimum absolute atomic E-state index is 0.130. The molecule has 0 aliphatic rings. The van der Waals surface area contributed by atoms with E-state index >= 15 is 0 Å². The van der Waals surface area contributed by atoms with Gasteiger partial charge in [-0.1, -0.05) is 12.1 Å². The van der Waals surface area contributed by atoms with Gasteiger partial charge in [-0.2, -0.15) is 18.3 Å². The van der Waals surface area contributed by atoms with Gasteiger partial charge in [0.05, 0.1) is 19.0 Å². The number of hydrogen-bond donors (Lipinski definition) is 0. The summed E-state index contributed by atoms with van der Waals surface area (Å²) in [6.45, 7) is 0. The van der Waals surface area contributed by atoms with Gasteiger partial charge < -0.3 is 4.74 Å². The zero-order valence-electron chi connectivity index (χ0n) is 10.9.